The molecule has 0 saturated heterocycles. The topological polar surface area (TPSA) is 41.1 Å². The molecule has 2 aromatic carbocycles. The van der Waals surface area contributed by atoms with Crippen LogP contribution in [0.1, 0.15) is 43.9 Å². The van der Waals surface area contributed by atoms with Crippen LogP contribution in [-0.2, 0) is 10.2 Å². The zero-order chi connectivity index (χ0) is 17.7. The predicted molar refractivity (Wildman–Crippen MR) is 103 cm³/mol. The number of anilines is 2. The van der Waals surface area contributed by atoms with Crippen molar-refractivity contribution in [1.29, 1.82) is 0 Å². The third kappa shape index (κ3) is 5.12. The van der Waals surface area contributed by atoms with E-state index in [2.05, 4.69) is 75.6 Å². The highest BCUT2D eigenvalue weighted by Crippen LogP contribution is 2.23. The van der Waals surface area contributed by atoms with Crippen molar-refractivity contribution in [1.82, 2.24) is 0 Å². The fourth-order valence-electron chi connectivity index (χ4n) is 2.51. The summed E-state index contributed by atoms with van der Waals surface area (Å²) in [4.78, 5) is 12.1. The minimum absolute atomic E-state index is 0.0244. The van der Waals surface area contributed by atoms with E-state index in [9.17, 15) is 4.79 Å². The van der Waals surface area contributed by atoms with E-state index in [1.54, 1.807) is 0 Å². The van der Waals surface area contributed by atoms with E-state index in [1.807, 2.05) is 12.1 Å². The number of nitrogens with one attached hydrogen (secondary N) is 2. The van der Waals surface area contributed by atoms with Crippen molar-refractivity contribution in [3.05, 3.63) is 59.2 Å². The fourth-order valence-corrected chi connectivity index (χ4v) is 2.51. The van der Waals surface area contributed by atoms with Gasteiger partial charge < -0.3 is 10.6 Å². The number of aryl methyl sites for hydroxylation is 2. The first-order valence-corrected chi connectivity index (χ1v) is 8.47. The van der Waals surface area contributed by atoms with Gasteiger partial charge in [0.2, 0.25) is 5.91 Å². The number of carbonyl (C=O) groups is 1. The predicted octanol–water partition coefficient (Wildman–Crippen LogP) is 5.04. The van der Waals surface area contributed by atoms with Crippen LogP contribution in [0.15, 0.2) is 42.5 Å². The van der Waals surface area contributed by atoms with E-state index in [1.165, 1.54) is 16.7 Å². The van der Waals surface area contributed by atoms with Gasteiger partial charge in [-0.05, 0) is 54.2 Å². The molecule has 0 saturated carbocycles. The second kappa shape index (κ2) is 7.52. The van der Waals surface area contributed by atoms with Crippen LogP contribution in [0, 0.1) is 13.8 Å². The van der Waals surface area contributed by atoms with Gasteiger partial charge >= 0.3 is 0 Å². The van der Waals surface area contributed by atoms with Crippen LogP contribution < -0.4 is 10.6 Å². The van der Waals surface area contributed by atoms with E-state index in [-0.39, 0.29) is 11.3 Å². The second-order valence-electron chi connectivity index (χ2n) is 7.37. The van der Waals surface area contributed by atoms with Crippen molar-refractivity contribution in [2.75, 3.05) is 17.2 Å². The van der Waals surface area contributed by atoms with E-state index >= 15 is 0 Å². The quantitative estimate of drug-likeness (QED) is 0.809. The zero-order valence-electron chi connectivity index (χ0n) is 15.4. The Morgan fingerprint density at radius 2 is 1.67 bits per heavy atom. The van der Waals surface area contributed by atoms with Gasteiger partial charge in [0.15, 0.2) is 0 Å². The molecule has 24 heavy (non-hydrogen) atoms. The average molecular weight is 324 g/mol. The molecule has 1 amide bonds. The van der Waals surface area contributed by atoms with Crippen molar-refractivity contribution in [3.8, 4) is 0 Å². The first-order valence-electron chi connectivity index (χ1n) is 8.47. The molecule has 0 atom stereocenters. The zero-order valence-corrected chi connectivity index (χ0v) is 15.4. The van der Waals surface area contributed by atoms with E-state index in [4.69, 9.17) is 0 Å². The third-order valence-electron chi connectivity index (χ3n) is 4.10. The summed E-state index contributed by atoms with van der Waals surface area (Å²) in [6.07, 6.45) is 0.439. The molecular weight excluding hydrogens is 296 g/mol. The van der Waals surface area contributed by atoms with E-state index in [0.717, 1.165) is 11.4 Å². The summed E-state index contributed by atoms with van der Waals surface area (Å²) >= 11 is 0. The van der Waals surface area contributed by atoms with Crippen LogP contribution in [0.4, 0.5) is 11.4 Å². The Bertz CT molecular complexity index is 697. The number of carbonyl (C=O) groups excluding carboxylic acids is 1. The van der Waals surface area contributed by atoms with Crippen molar-refractivity contribution >= 4 is 17.3 Å². The SMILES string of the molecule is Cc1ccc(C)c(NCCC(=O)Nc2ccc(C(C)(C)C)cc2)c1. The molecule has 2 aromatic rings. The Morgan fingerprint density at radius 1 is 1.00 bits per heavy atom. The van der Waals surface area contributed by atoms with Gasteiger partial charge in [-0.2, -0.15) is 0 Å². The smallest absolute Gasteiger partial charge is 0.226 e. The summed E-state index contributed by atoms with van der Waals surface area (Å²) in [5, 5.41) is 6.29. The van der Waals surface area contributed by atoms with Crippen LogP contribution in [0.3, 0.4) is 0 Å². The van der Waals surface area contributed by atoms with Crippen molar-refractivity contribution in [2.45, 2.75) is 46.5 Å². The highest BCUT2D eigenvalue weighted by Gasteiger charge is 2.13. The molecular formula is C21H28N2O. The van der Waals surface area contributed by atoms with E-state index < -0.39 is 0 Å². The van der Waals surface area contributed by atoms with Gasteiger partial charge in [0.05, 0.1) is 0 Å². The standard InChI is InChI=1S/C21H28N2O/c1-15-6-7-16(2)19(14-15)22-13-12-20(24)23-18-10-8-17(9-11-18)21(3,4)5/h6-11,14,22H,12-13H2,1-5H3,(H,23,24). The summed E-state index contributed by atoms with van der Waals surface area (Å²) in [5.74, 6) is 0.0244. The lowest BCUT2D eigenvalue weighted by Crippen LogP contribution is -2.17. The molecule has 0 heterocycles. The minimum atomic E-state index is 0.0244. The maximum Gasteiger partial charge on any atom is 0.226 e. The first-order chi connectivity index (χ1) is 11.3. The molecule has 0 spiro atoms. The lowest BCUT2D eigenvalue weighted by molar-refractivity contribution is -0.115. The van der Waals surface area contributed by atoms with Gasteiger partial charge in [-0.3, -0.25) is 4.79 Å². The fraction of sp³-hybridized carbons (Fsp3) is 0.381. The summed E-state index contributed by atoms with van der Waals surface area (Å²) in [5.41, 5.74) is 5.73. The monoisotopic (exact) mass is 324 g/mol. The molecule has 0 aliphatic rings. The van der Waals surface area contributed by atoms with Crippen LogP contribution in [0.25, 0.3) is 0 Å². The third-order valence-corrected chi connectivity index (χ3v) is 4.10. The molecule has 3 heteroatoms. The van der Waals surface area contributed by atoms with Crippen LogP contribution >= 0.6 is 0 Å². The largest absolute Gasteiger partial charge is 0.384 e. The molecule has 128 valence electrons. The van der Waals surface area contributed by atoms with Gasteiger partial charge in [-0.15, -0.1) is 0 Å². The second-order valence-corrected chi connectivity index (χ2v) is 7.37. The van der Waals surface area contributed by atoms with Crippen LogP contribution in [-0.4, -0.2) is 12.5 Å². The molecule has 0 aliphatic carbocycles. The van der Waals surface area contributed by atoms with E-state index in [0.29, 0.717) is 13.0 Å². The normalized spacial score (nSPS) is 11.2. The first kappa shape index (κ1) is 18.1. The molecule has 0 fully saturated rings. The molecule has 0 aliphatic heterocycles. The van der Waals surface area contributed by atoms with Gasteiger partial charge in [0, 0.05) is 24.3 Å². The number of rotatable bonds is 5. The lowest BCUT2D eigenvalue weighted by atomic mass is 9.87. The highest BCUT2D eigenvalue weighted by atomic mass is 16.1. The summed E-state index contributed by atoms with van der Waals surface area (Å²) < 4.78 is 0. The average Bonchev–Trinajstić information content (AvgIpc) is 2.50. The Hall–Kier alpha value is -2.29. The van der Waals surface area contributed by atoms with Crippen molar-refractivity contribution < 1.29 is 4.79 Å². The van der Waals surface area contributed by atoms with Gasteiger partial charge in [0.25, 0.3) is 0 Å². The summed E-state index contributed by atoms with van der Waals surface area (Å²) in [7, 11) is 0. The Morgan fingerprint density at radius 3 is 2.29 bits per heavy atom. The van der Waals surface area contributed by atoms with Crippen LogP contribution in [0.2, 0.25) is 0 Å². The maximum atomic E-state index is 12.1. The maximum absolute atomic E-state index is 12.1. The van der Waals surface area contributed by atoms with Crippen LogP contribution in [0.5, 0.6) is 0 Å². The molecule has 0 unspecified atom stereocenters. The number of amides is 1. The minimum Gasteiger partial charge on any atom is -0.384 e. The molecule has 0 radical (unpaired) electrons. The molecule has 0 bridgehead atoms. The number of benzene rings is 2. The number of hydrogen-bond donors (Lipinski definition) is 2. The van der Waals surface area contributed by atoms with Crippen molar-refractivity contribution in [3.63, 3.8) is 0 Å². The number of hydrogen-bond acceptors (Lipinski definition) is 2. The van der Waals surface area contributed by atoms with Gasteiger partial charge in [0.1, 0.15) is 0 Å². The Kier molecular flexibility index (Phi) is 5.66. The van der Waals surface area contributed by atoms with Crippen molar-refractivity contribution in [2.24, 2.45) is 0 Å². The molecule has 2 N–H and O–H groups in total. The van der Waals surface area contributed by atoms with Gasteiger partial charge in [-0.25, -0.2) is 0 Å². The van der Waals surface area contributed by atoms with Gasteiger partial charge in [-0.1, -0.05) is 45.0 Å². The molecule has 2 rings (SSSR count). The Balaban J connectivity index is 1.84. The molecule has 0 aromatic heterocycles. The highest BCUT2D eigenvalue weighted by molar-refractivity contribution is 5.91. The lowest BCUT2D eigenvalue weighted by Gasteiger charge is -2.19. The Labute approximate surface area is 145 Å². The summed E-state index contributed by atoms with van der Waals surface area (Å²) in [6.45, 7) is 11.3. The summed E-state index contributed by atoms with van der Waals surface area (Å²) in [6, 6.07) is 14.4. The molecule has 3 nitrogen and oxygen atoms in total.